The summed E-state index contributed by atoms with van der Waals surface area (Å²) in [7, 11) is 0. The fourth-order valence-electron chi connectivity index (χ4n) is 1.29. The maximum absolute atomic E-state index is 10.0. The molecule has 1 aromatic heterocycles. The van der Waals surface area contributed by atoms with Crippen LogP contribution < -0.4 is 5.73 Å². The monoisotopic (exact) mass is 207 g/mol. The van der Waals surface area contributed by atoms with Gasteiger partial charge < -0.3 is 10.5 Å². The molecule has 0 unspecified atom stereocenters. The van der Waals surface area contributed by atoms with Crippen LogP contribution in [0.5, 0.6) is 0 Å². The first-order valence-corrected chi connectivity index (χ1v) is 4.94. The first-order chi connectivity index (χ1) is 6.79. The molecule has 2 rings (SSSR count). The summed E-state index contributed by atoms with van der Waals surface area (Å²) in [4.78, 5) is 11.0. The van der Waals surface area contributed by atoms with Gasteiger partial charge in [-0.1, -0.05) is 6.07 Å². The number of benzene rings is 1. The van der Waals surface area contributed by atoms with E-state index in [1.54, 1.807) is 11.3 Å². The van der Waals surface area contributed by atoms with Crippen LogP contribution in [0.4, 0.5) is 5.69 Å². The highest BCUT2D eigenvalue weighted by molar-refractivity contribution is 7.19. The van der Waals surface area contributed by atoms with Crippen molar-refractivity contribution in [2.24, 2.45) is 0 Å². The van der Waals surface area contributed by atoms with Crippen LogP contribution in [0.2, 0.25) is 0 Å². The Labute approximate surface area is 85.1 Å². The van der Waals surface area contributed by atoms with E-state index in [9.17, 15) is 4.79 Å². The van der Waals surface area contributed by atoms with E-state index >= 15 is 0 Å². The summed E-state index contributed by atoms with van der Waals surface area (Å²) in [5.41, 5.74) is 6.40. The van der Waals surface area contributed by atoms with E-state index in [0.29, 0.717) is 13.1 Å². The Morgan fingerprint density at radius 3 is 3.07 bits per heavy atom. The van der Waals surface area contributed by atoms with Gasteiger partial charge in [0.15, 0.2) is 0 Å². The lowest BCUT2D eigenvalue weighted by Crippen LogP contribution is -1.84. The second kappa shape index (κ2) is 3.67. The molecule has 2 N–H and O–H groups in total. The van der Waals surface area contributed by atoms with Crippen molar-refractivity contribution in [1.82, 2.24) is 0 Å². The van der Waals surface area contributed by atoms with Gasteiger partial charge in [0.05, 0.1) is 0 Å². The molecule has 1 aromatic carbocycles. The Morgan fingerprint density at radius 2 is 2.29 bits per heavy atom. The molecule has 14 heavy (non-hydrogen) atoms. The molecule has 4 heteroatoms. The van der Waals surface area contributed by atoms with Gasteiger partial charge in [-0.2, -0.15) is 0 Å². The Kier molecular flexibility index (Phi) is 2.37. The van der Waals surface area contributed by atoms with E-state index in [1.165, 1.54) is 0 Å². The third-order valence-corrected chi connectivity index (χ3v) is 2.96. The Hall–Kier alpha value is -1.55. The van der Waals surface area contributed by atoms with Gasteiger partial charge in [-0.15, -0.1) is 11.3 Å². The molecular weight excluding hydrogens is 198 g/mol. The molecule has 1 heterocycles. The molecule has 3 nitrogen and oxygen atoms in total. The van der Waals surface area contributed by atoms with E-state index in [-0.39, 0.29) is 0 Å². The summed E-state index contributed by atoms with van der Waals surface area (Å²) in [6, 6.07) is 7.75. The van der Waals surface area contributed by atoms with E-state index in [2.05, 4.69) is 4.74 Å². The fraction of sp³-hybridized carbons (Fsp3) is 0.100. The van der Waals surface area contributed by atoms with Crippen molar-refractivity contribution in [2.75, 3.05) is 5.73 Å². The molecule has 0 bridgehead atoms. The highest BCUT2D eigenvalue weighted by Gasteiger charge is 2.01. The number of ether oxygens (including phenoxy) is 1. The van der Waals surface area contributed by atoms with Crippen LogP contribution >= 0.6 is 11.3 Å². The first-order valence-electron chi connectivity index (χ1n) is 4.13. The van der Waals surface area contributed by atoms with Gasteiger partial charge in [-0.05, 0) is 23.6 Å². The number of nitrogens with two attached hydrogens (primary N) is 1. The maximum Gasteiger partial charge on any atom is 0.293 e. The Bertz CT molecular complexity index is 464. The van der Waals surface area contributed by atoms with Crippen molar-refractivity contribution < 1.29 is 9.53 Å². The zero-order chi connectivity index (χ0) is 9.97. The van der Waals surface area contributed by atoms with Gasteiger partial charge in [-0.3, -0.25) is 4.79 Å². The minimum Gasteiger partial charge on any atom is -0.462 e. The van der Waals surface area contributed by atoms with Crippen LogP contribution in [0.3, 0.4) is 0 Å². The van der Waals surface area contributed by atoms with Crippen LogP contribution in [0.15, 0.2) is 24.3 Å². The number of hydrogen-bond donors (Lipinski definition) is 1. The summed E-state index contributed by atoms with van der Waals surface area (Å²) >= 11 is 1.59. The lowest BCUT2D eigenvalue weighted by atomic mass is 10.2. The lowest BCUT2D eigenvalue weighted by molar-refractivity contribution is -0.129. The van der Waals surface area contributed by atoms with Gasteiger partial charge >= 0.3 is 0 Å². The molecule has 0 amide bonds. The number of hydrogen-bond acceptors (Lipinski definition) is 4. The second-order valence-corrected chi connectivity index (χ2v) is 4.09. The molecule has 0 radical (unpaired) electrons. The smallest absolute Gasteiger partial charge is 0.293 e. The molecule has 0 spiro atoms. The zero-order valence-electron chi connectivity index (χ0n) is 7.40. The summed E-state index contributed by atoms with van der Waals surface area (Å²) in [6.07, 6.45) is 0. The minimum atomic E-state index is 0.336. The average Bonchev–Trinajstić information content (AvgIpc) is 2.56. The van der Waals surface area contributed by atoms with Crippen LogP contribution in [0.1, 0.15) is 4.88 Å². The zero-order valence-corrected chi connectivity index (χ0v) is 8.21. The van der Waals surface area contributed by atoms with Crippen molar-refractivity contribution in [2.45, 2.75) is 6.61 Å². The molecule has 2 aromatic rings. The minimum absolute atomic E-state index is 0.336. The predicted molar refractivity (Wildman–Crippen MR) is 57.1 cm³/mol. The molecule has 0 fully saturated rings. The number of carbonyl (C=O) groups is 1. The fourth-order valence-corrected chi connectivity index (χ4v) is 2.33. The average molecular weight is 207 g/mol. The normalized spacial score (nSPS) is 10.3. The SMILES string of the molecule is Nc1ccc2cc(COC=O)sc2c1. The van der Waals surface area contributed by atoms with Gasteiger partial charge in [0, 0.05) is 15.3 Å². The highest BCUT2D eigenvalue weighted by Crippen LogP contribution is 2.27. The number of anilines is 1. The first kappa shape index (κ1) is 9.02. The molecular formula is C10H9NO2S. The molecule has 0 aliphatic carbocycles. The van der Waals surface area contributed by atoms with Crippen LogP contribution in [-0.4, -0.2) is 6.47 Å². The summed E-state index contributed by atoms with van der Waals surface area (Å²) in [5.74, 6) is 0. The largest absolute Gasteiger partial charge is 0.462 e. The molecule has 72 valence electrons. The van der Waals surface area contributed by atoms with E-state index in [1.807, 2.05) is 24.3 Å². The molecule has 0 atom stereocenters. The Balaban J connectivity index is 2.36. The number of rotatable bonds is 3. The number of thiophene rings is 1. The van der Waals surface area contributed by atoms with Crippen LogP contribution in [0.25, 0.3) is 10.1 Å². The van der Waals surface area contributed by atoms with Gasteiger partial charge in [0.2, 0.25) is 0 Å². The van der Waals surface area contributed by atoms with Crippen molar-refractivity contribution in [3.63, 3.8) is 0 Å². The van der Waals surface area contributed by atoms with Gasteiger partial charge in [-0.25, -0.2) is 0 Å². The van der Waals surface area contributed by atoms with Gasteiger partial charge in [0.1, 0.15) is 6.61 Å². The number of fused-ring (bicyclic) bond motifs is 1. The predicted octanol–water partition coefficient (Wildman–Crippen LogP) is 2.16. The van der Waals surface area contributed by atoms with E-state index in [0.717, 1.165) is 20.7 Å². The maximum atomic E-state index is 10.0. The molecule has 0 saturated carbocycles. The quantitative estimate of drug-likeness (QED) is 0.619. The summed E-state index contributed by atoms with van der Waals surface area (Å²) in [6.45, 7) is 0.793. The molecule has 0 aliphatic rings. The Morgan fingerprint density at radius 1 is 1.43 bits per heavy atom. The topological polar surface area (TPSA) is 52.3 Å². The number of nitrogen functional groups attached to an aromatic ring is 1. The number of carbonyl (C=O) groups excluding carboxylic acids is 1. The van der Waals surface area contributed by atoms with Gasteiger partial charge in [0.25, 0.3) is 6.47 Å². The lowest BCUT2D eigenvalue weighted by Gasteiger charge is -1.91. The molecule has 0 saturated heterocycles. The highest BCUT2D eigenvalue weighted by atomic mass is 32.1. The van der Waals surface area contributed by atoms with Crippen LogP contribution in [-0.2, 0) is 16.1 Å². The van der Waals surface area contributed by atoms with E-state index in [4.69, 9.17) is 5.73 Å². The van der Waals surface area contributed by atoms with Crippen molar-refractivity contribution in [1.29, 1.82) is 0 Å². The van der Waals surface area contributed by atoms with Crippen LogP contribution in [0, 0.1) is 0 Å². The van der Waals surface area contributed by atoms with E-state index < -0.39 is 0 Å². The third kappa shape index (κ3) is 1.70. The standard InChI is InChI=1S/C10H9NO2S/c11-8-2-1-7-3-9(5-13-6-12)14-10(7)4-8/h1-4,6H,5,11H2. The van der Waals surface area contributed by atoms with Crippen molar-refractivity contribution in [3.05, 3.63) is 29.1 Å². The summed E-state index contributed by atoms with van der Waals surface area (Å²) < 4.78 is 5.80. The third-order valence-electron chi connectivity index (χ3n) is 1.89. The second-order valence-electron chi connectivity index (χ2n) is 2.92. The molecule has 0 aliphatic heterocycles. The summed E-state index contributed by atoms with van der Waals surface area (Å²) in [5, 5.41) is 1.13. The van der Waals surface area contributed by atoms with Crippen molar-refractivity contribution >= 4 is 33.6 Å². The van der Waals surface area contributed by atoms with Crippen molar-refractivity contribution in [3.8, 4) is 0 Å².